The Hall–Kier alpha value is -1.31. The third-order valence-corrected chi connectivity index (χ3v) is 2.79. The van der Waals surface area contributed by atoms with Crippen LogP contribution in [0, 0.1) is 5.92 Å². The average molecular weight is 299 g/mol. The third kappa shape index (κ3) is 7.98. The Balaban J connectivity index is 0.000000441. The van der Waals surface area contributed by atoms with Crippen molar-refractivity contribution in [2.45, 2.75) is 51.2 Å². The quantitative estimate of drug-likeness (QED) is 0.613. The zero-order valence-electron chi connectivity index (χ0n) is 11.3. The second-order valence-corrected chi connectivity index (χ2v) is 4.59. The molecule has 0 aromatic heterocycles. The van der Waals surface area contributed by atoms with Gasteiger partial charge >= 0.3 is 18.1 Å². The monoisotopic (exact) mass is 299 g/mol. The number of carbonyl (C=O) groups is 2. The smallest absolute Gasteiger partial charge is 0.475 e. The second kappa shape index (κ2) is 8.78. The SMILES string of the molecule is CCCCOC(=O)C1CCC(N)C1.O=C(O)C(F)(F)F. The molecule has 2 unspecified atom stereocenters. The highest BCUT2D eigenvalue weighted by atomic mass is 19.4. The van der Waals surface area contributed by atoms with Crippen LogP contribution in [0.2, 0.25) is 0 Å². The fourth-order valence-corrected chi connectivity index (χ4v) is 1.67. The number of halogens is 3. The summed E-state index contributed by atoms with van der Waals surface area (Å²) in [6, 6.07) is 0.212. The molecule has 1 aliphatic rings. The van der Waals surface area contributed by atoms with Crippen molar-refractivity contribution < 1.29 is 32.6 Å². The first-order chi connectivity index (χ1) is 9.18. The highest BCUT2D eigenvalue weighted by molar-refractivity contribution is 5.73. The summed E-state index contributed by atoms with van der Waals surface area (Å²) >= 11 is 0. The third-order valence-electron chi connectivity index (χ3n) is 2.79. The lowest BCUT2D eigenvalue weighted by molar-refractivity contribution is -0.192. The summed E-state index contributed by atoms with van der Waals surface area (Å²) in [5.74, 6) is -2.72. The first-order valence-corrected chi connectivity index (χ1v) is 6.40. The Kier molecular flexibility index (Phi) is 8.21. The lowest BCUT2D eigenvalue weighted by atomic mass is 10.1. The molecule has 0 aliphatic heterocycles. The van der Waals surface area contributed by atoms with Gasteiger partial charge in [0.25, 0.3) is 0 Å². The number of ether oxygens (including phenoxy) is 1. The molecule has 8 heteroatoms. The van der Waals surface area contributed by atoms with Gasteiger partial charge in [0.1, 0.15) is 0 Å². The minimum absolute atomic E-state index is 0.0404. The molecule has 118 valence electrons. The lowest BCUT2D eigenvalue weighted by Gasteiger charge is -2.09. The van der Waals surface area contributed by atoms with Crippen molar-refractivity contribution in [3.8, 4) is 0 Å². The van der Waals surface area contributed by atoms with Crippen LogP contribution in [0.15, 0.2) is 0 Å². The molecule has 20 heavy (non-hydrogen) atoms. The molecule has 0 saturated heterocycles. The van der Waals surface area contributed by atoms with Crippen molar-refractivity contribution in [2.24, 2.45) is 11.7 Å². The number of hydrogen-bond donors (Lipinski definition) is 2. The van der Waals surface area contributed by atoms with E-state index in [9.17, 15) is 18.0 Å². The van der Waals surface area contributed by atoms with Crippen LogP contribution >= 0.6 is 0 Å². The van der Waals surface area contributed by atoms with E-state index in [-0.39, 0.29) is 17.9 Å². The van der Waals surface area contributed by atoms with Crippen molar-refractivity contribution in [1.82, 2.24) is 0 Å². The van der Waals surface area contributed by atoms with E-state index >= 15 is 0 Å². The van der Waals surface area contributed by atoms with Gasteiger partial charge in [-0.1, -0.05) is 13.3 Å². The van der Waals surface area contributed by atoms with E-state index in [0.717, 1.165) is 32.1 Å². The molecule has 3 N–H and O–H groups in total. The van der Waals surface area contributed by atoms with Crippen molar-refractivity contribution in [1.29, 1.82) is 0 Å². The number of carboxylic acids is 1. The Labute approximate surface area is 115 Å². The van der Waals surface area contributed by atoms with Crippen LogP contribution in [-0.2, 0) is 14.3 Å². The van der Waals surface area contributed by atoms with Gasteiger partial charge in [0.05, 0.1) is 12.5 Å². The number of aliphatic carboxylic acids is 1. The lowest BCUT2D eigenvalue weighted by Crippen LogP contribution is -2.21. The summed E-state index contributed by atoms with van der Waals surface area (Å²) in [5, 5.41) is 7.12. The number of alkyl halides is 3. The highest BCUT2D eigenvalue weighted by Crippen LogP contribution is 2.25. The van der Waals surface area contributed by atoms with Crippen molar-refractivity contribution in [3.05, 3.63) is 0 Å². The van der Waals surface area contributed by atoms with Gasteiger partial charge in [0.15, 0.2) is 0 Å². The maximum Gasteiger partial charge on any atom is 0.490 e. The Bertz CT molecular complexity index is 320. The molecule has 1 saturated carbocycles. The standard InChI is InChI=1S/C10H19NO2.C2HF3O2/c1-2-3-6-13-10(12)8-4-5-9(11)7-8;3-2(4,5)1(6)7/h8-9H,2-7,11H2,1H3;(H,6,7). The zero-order valence-corrected chi connectivity index (χ0v) is 11.3. The highest BCUT2D eigenvalue weighted by Gasteiger charge is 2.38. The molecule has 0 aromatic rings. The van der Waals surface area contributed by atoms with E-state index in [0.29, 0.717) is 6.61 Å². The van der Waals surface area contributed by atoms with Crippen molar-refractivity contribution in [3.63, 3.8) is 0 Å². The fourth-order valence-electron chi connectivity index (χ4n) is 1.67. The van der Waals surface area contributed by atoms with E-state index in [2.05, 4.69) is 6.92 Å². The van der Waals surface area contributed by atoms with Gasteiger partial charge in [-0.05, 0) is 25.7 Å². The molecule has 0 amide bonds. The summed E-state index contributed by atoms with van der Waals surface area (Å²) in [6.45, 7) is 2.65. The van der Waals surface area contributed by atoms with Crippen LogP contribution in [0.3, 0.4) is 0 Å². The largest absolute Gasteiger partial charge is 0.490 e. The van der Waals surface area contributed by atoms with Gasteiger partial charge in [-0.3, -0.25) is 4.79 Å². The van der Waals surface area contributed by atoms with Crippen LogP contribution < -0.4 is 5.73 Å². The van der Waals surface area contributed by atoms with Crippen LogP contribution in [-0.4, -0.2) is 35.9 Å². The van der Waals surface area contributed by atoms with Gasteiger partial charge < -0.3 is 15.6 Å². The fraction of sp³-hybridized carbons (Fsp3) is 0.833. The molecule has 0 radical (unpaired) electrons. The second-order valence-electron chi connectivity index (χ2n) is 4.59. The summed E-state index contributed by atoms with van der Waals surface area (Å²) < 4.78 is 36.9. The molecule has 2 atom stereocenters. The molecular weight excluding hydrogens is 279 g/mol. The van der Waals surface area contributed by atoms with Crippen LogP contribution in [0.4, 0.5) is 13.2 Å². The average Bonchev–Trinajstić information content (AvgIpc) is 2.76. The normalized spacial score (nSPS) is 21.9. The number of unbranched alkanes of at least 4 members (excludes halogenated alkanes) is 1. The minimum Gasteiger partial charge on any atom is -0.475 e. The van der Waals surface area contributed by atoms with E-state index in [4.69, 9.17) is 20.4 Å². The number of esters is 1. The van der Waals surface area contributed by atoms with Gasteiger partial charge in [-0.15, -0.1) is 0 Å². The molecule has 1 aliphatic carbocycles. The van der Waals surface area contributed by atoms with Gasteiger partial charge in [0.2, 0.25) is 0 Å². The van der Waals surface area contributed by atoms with E-state index in [1.807, 2.05) is 0 Å². The topological polar surface area (TPSA) is 89.6 Å². The van der Waals surface area contributed by atoms with Gasteiger partial charge in [-0.2, -0.15) is 13.2 Å². The predicted molar refractivity (Wildman–Crippen MR) is 64.9 cm³/mol. The molecule has 0 aromatic carbocycles. The van der Waals surface area contributed by atoms with Crippen LogP contribution in [0.1, 0.15) is 39.0 Å². The molecule has 0 bridgehead atoms. The number of rotatable bonds is 4. The maximum absolute atomic E-state index is 11.4. The number of carbonyl (C=O) groups excluding carboxylic acids is 1. The molecule has 1 rings (SSSR count). The van der Waals surface area contributed by atoms with Crippen LogP contribution in [0.25, 0.3) is 0 Å². The summed E-state index contributed by atoms with van der Waals surface area (Å²) in [6.07, 6.45) is -0.368. The predicted octanol–water partition coefficient (Wildman–Crippen LogP) is 2.09. The van der Waals surface area contributed by atoms with E-state index < -0.39 is 12.1 Å². The number of carboxylic acid groups (broad SMARTS) is 1. The zero-order chi connectivity index (χ0) is 15.8. The summed E-state index contributed by atoms with van der Waals surface area (Å²) in [4.78, 5) is 20.3. The molecule has 1 fully saturated rings. The summed E-state index contributed by atoms with van der Waals surface area (Å²) in [7, 11) is 0. The number of hydrogen-bond acceptors (Lipinski definition) is 4. The maximum atomic E-state index is 11.4. The first-order valence-electron chi connectivity index (χ1n) is 6.40. The minimum atomic E-state index is -5.08. The van der Waals surface area contributed by atoms with Gasteiger partial charge in [-0.25, -0.2) is 4.79 Å². The van der Waals surface area contributed by atoms with E-state index in [1.165, 1.54) is 0 Å². The number of nitrogens with two attached hydrogens (primary N) is 1. The first kappa shape index (κ1) is 18.7. The van der Waals surface area contributed by atoms with E-state index in [1.54, 1.807) is 0 Å². The Morgan fingerprint density at radius 3 is 2.25 bits per heavy atom. The Morgan fingerprint density at radius 2 is 1.90 bits per heavy atom. The molecule has 5 nitrogen and oxygen atoms in total. The van der Waals surface area contributed by atoms with Gasteiger partial charge in [0, 0.05) is 6.04 Å². The van der Waals surface area contributed by atoms with Crippen molar-refractivity contribution >= 4 is 11.9 Å². The summed E-state index contributed by atoms with van der Waals surface area (Å²) in [5.41, 5.74) is 5.71. The van der Waals surface area contributed by atoms with Crippen LogP contribution in [0.5, 0.6) is 0 Å². The molecular formula is C12H20F3NO4. The molecule has 0 spiro atoms. The Morgan fingerprint density at radius 1 is 1.35 bits per heavy atom. The van der Waals surface area contributed by atoms with Crippen molar-refractivity contribution in [2.75, 3.05) is 6.61 Å². The molecule has 0 heterocycles.